The number of nitrogens with zero attached hydrogens (tertiary/aromatic N) is 3. The van der Waals surface area contributed by atoms with Gasteiger partial charge < -0.3 is 10.1 Å². The third-order valence-corrected chi connectivity index (χ3v) is 3.96. The van der Waals surface area contributed by atoms with Crippen molar-refractivity contribution in [3.8, 4) is 5.88 Å². The highest BCUT2D eigenvalue weighted by molar-refractivity contribution is 5.85. The molecule has 1 atom stereocenters. The lowest BCUT2D eigenvalue weighted by atomic mass is 9.97. The quantitative estimate of drug-likeness (QED) is 0.897. The van der Waals surface area contributed by atoms with Crippen molar-refractivity contribution in [2.75, 3.05) is 33.8 Å². The Morgan fingerprint density at radius 2 is 2.20 bits per heavy atom. The molecule has 116 valence electrons. The smallest absolute Gasteiger partial charge is 0.216 e. The molecule has 2 rings (SSSR count). The Labute approximate surface area is 128 Å². The lowest BCUT2D eigenvalue weighted by Crippen LogP contribution is -2.38. The van der Waals surface area contributed by atoms with Crippen molar-refractivity contribution in [1.82, 2.24) is 20.0 Å². The molecule has 1 aromatic rings. The summed E-state index contributed by atoms with van der Waals surface area (Å²) in [6.45, 7) is 6.46. The molecule has 1 aliphatic rings. The monoisotopic (exact) mass is 302 g/mol. The fourth-order valence-electron chi connectivity index (χ4n) is 3.09. The molecule has 1 aliphatic heterocycles. The molecule has 1 N–H and O–H groups in total. The molecule has 6 heteroatoms. The normalized spacial score (nSPS) is 19.7. The van der Waals surface area contributed by atoms with Gasteiger partial charge in [0.2, 0.25) is 5.88 Å². The molecule has 1 aromatic heterocycles. The topological polar surface area (TPSA) is 42.3 Å². The zero-order chi connectivity index (χ0) is 13.8. The van der Waals surface area contributed by atoms with Gasteiger partial charge in [0.25, 0.3) is 0 Å². The molecule has 1 fully saturated rings. The summed E-state index contributed by atoms with van der Waals surface area (Å²) < 4.78 is 7.31. The van der Waals surface area contributed by atoms with E-state index in [2.05, 4.69) is 22.2 Å². The van der Waals surface area contributed by atoms with Crippen molar-refractivity contribution in [2.45, 2.75) is 26.3 Å². The number of methoxy groups -OCH3 is 1. The van der Waals surface area contributed by atoms with E-state index in [1.165, 1.54) is 31.5 Å². The van der Waals surface area contributed by atoms with E-state index in [4.69, 9.17) is 4.74 Å². The molecule has 0 amide bonds. The van der Waals surface area contributed by atoms with Crippen LogP contribution in [-0.2, 0) is 13.6 Å². The zero-order valence-corrected chi connectivity index (χ0v) is 13.8. The maximum absolute atomic E-state index is 5.47. The van der Waals surface area contributed by atoms with Crippen molar-refractivity contribution < 1.29 is 4.74 Å². The first-order chi connectivity index (χ1) is 9.15. The van der Waals surface area contributed by atoms with E-state index in [9.17, 15) is 0 Å². The maximum atomic E-state index is 5.47. The second kappa shape index (κ2) is 7.86. The van der Waals surface area contributed by atoms with Gasteiger partial charge in [0.15, 0.2) is 0 Å². The number of ether oxygens (including phenoxy) is 1. The van der Waals surface area contributed by atoms with Crippen LogP contribution in [0.2, 0.25) is 0 Å². The van der Waals surface area contributed by atoms with E-state index in [0.29, 0.717) is 0 Å². The van der Waals surface area contributed by atoms with Gasteiger partial charge in [-0.05, 0) is 45.8 Å². The van der Waals surface area contributed by atoms with Crippen LogP contribution in [0.5, 0.6) is 5.88 Å². The fourth-order valence-corrected chi connectivity index (χ4v) is 3.09. The van der Waals surface area contributed by atoms with Crippen LogP contribution >= 0.6 is 12.4 Å². The van der Waals surface area contributed by atoms with Gasteiger partial charge in [0.05, 0.1) is 18.4 Å². The molecule has 0 aliphatic carbocycles. The molecule has 0 spiro atoms. The minimum atomic E-state index is 0. The lowest BCUT2D eigenvalue weighted by molar-refractivity contribution is 0.165. The lowest BCUT2D eigenvalue weighted by Gasteiger charge is -2.32. The minimum Gasteiger partial charge on any atom is -0.481 e. The first-order valence-corrected chi connectivity index (χ1v) is 7.09. The molecule has 0 bridgehead atoms. The van der Waals surface area contributed by atoms with E-state index in [1.54, 1.807) is 7.11 Å². The third-order valence-electron chi connectivity index (χ3n) is 3.96. The highest BCUT2D eigenvalue weighted by Gasteiger charge is 2.22. The predicted octanol–water partition coefficient (Wildman–Crippen LogP) is 1.59. The van der Waals surface area contributed by atoms with Crippen molar-refractivity contribution in [3.63, 3.8) is 0 Å². The predicted molar refractivity (Wildman–Crippen MR) is 83.7 cm³/mol. The van der Waals surface area contributed by atoms with Crippen molar-refractivity contribution in [2.24, 2.45) is 13.0 Å². The van der Waals surface area contributed by atoms with Crippen LogP contribution in [-0.4, -0.2) is 48.5 Å². The number of piperidine rings is 1. The summed E-state index contributed by atoms with van der Waals surface area (Å²) in [6.07, 6.45) is 2.62. The number of hydrogen-bond donors (Lipinski definition) is 1. The van der Waals surface area contributed by atoms with Gasteiger partial charge in [0, 0.05) is 20.1 Å². The van der Waals surface area contributed by atoms with Gasteiger partial charge in [-0.1, -0.05) is 0 Å². The van der Waals surface area contributed by atoms with Crippen LogP contribution < -0.4 is 10.1 Å². The van der Waals surface area contributed by atoms with Gasteiger partial charge in [0.1, 0.15) is 0 Å². The van der Waals surface area contributed by atoms with E-state index in [1.807, 2.05) is 18.8 Å². The Bertz CT molecular complexity index is 420. The molecular weight excluding hydrogens is 276 g/mol. The first kappa shape index (κ1) is 17.3. The number of aryl methyl sites for hydroxylation is 2. The molecule has 0 saturated carbocycles. The van der Waals surface area contributed by atoms with Crippen LogP contribution in [0.1, 0.15) is 24.1 Å². The molecular formula is C14H27ClN4O. The summed E-state index contributed by atoms with van der Waals surface area (Å²) >= 11 is 0. The highest BCUT2D eigenvalue weighted by atomic mass is 35.5. The Morgan fingerprint density at radius 1 is 1.45 bits per heavy atom. The van der Waals surface area contributed by atoms with E-state index in [-0.39, 0.29) is 12.4 Å². The minimum absolute atomic E-state index is 0. The Hall–Kier alpha value is -0.780. The molecule has 1 unspecified atom stereocenters. The molecule has 5 nitrogen and oxygen atoms in total. The van der Waals surface area contributed by atoms with E-state index >= 15 is 0 Å². The van der Waals surface area contributed by atoms with Gasteiger partial charge >= 0.3 is 0 Å². The molecule has 0 radical (unpaired) electrons. The van der Waals surface area contributed by atoms with Crippen molar-refractivity contribution in [1.29, 1.82) is 0 Å². The number of nitrogens with one attached hydrogen (secondary N) is 1. The summed E-state index contributed by atoms with van der Waals surface area (Å²) in [5.41, 5.74) is 2.31. The number of halogens is 1. The average molecular weight is 303 g/mol. The van der Waals surface area contributed by atoms with Crippen LogP contribution in [0, 0.1) is 12.8 Å². The van der Waals surface area contributed by atoms with Crippen LogP contribution in [0.25, 0.3) is 0 Å². The molecule has 1 saturated heterocycles. The summed E-state index contributed by atoms with van der Waals surface area (Å²) in [7, 11) is 5.70. The summed E-state index contributed by atoms with van der Waals surface area (Å²) in [6, 6.07) is 0. The van der Waals surface area contributed by atoms with Gasteiger partial charge in [-0.3, -0.25) is 4.90 Å². The van der Waals surface area contributed by atoms with Gasteiger partial charge in [-0.25, -0.2) is 4.68 Å². The van der Waals surface area contributed by atoms with E-state index in [0.717, 1.165) is 30.6 Å². The van der Waals surface area contributed by atoms with Crippen LogP contribution in [0.4, 0.5) is 0 Å². The van der Waals surface area contributed by atoms with Crippen molar-refractivity contribution in [3.05, 3.63) is 11.3 Å². The maximum Gasteiger partial charge on any atom is 0.216 e. The molecule has 0 aromatic carbocycles. The first-order valence-electron chi connectivity index (χ1n) is 7.09. The Kier molecular flexibility index (Phi) is 6.79. The standard InChI is InChI=1S/C14H26N4O.ClH/c1-11-13(14(19-4)17(3)16-11)10-18-7-5-6-12(9-18)8-15-2;/h12,15H,5-10H2,1-4H3;1H. The molecule has 2 heterocycles. The van der Waals surface area contributed by atoms with Crippen LogP contribution in [0.15, 0.2) is 0 Å². The Balaban J connectivity index is 0.00000200. The average Bonchev–Trinajstić information content (AvgIpc) is 2.65. The SMILES string of the molecule is CNCC1CCCN(Cc2c(C)nn(C)c2OC)C1.Cl. The zero-order valence-electron chi connectivity index (χ0n) is 13.0. The van der Waals surface area contributed by atoms with Gasteiger partial charge in [-0.15, -0.1) is 12.4 Å². The summed E-state index contributed by atoms with van der Waals surface area (Å²) in [5, 5.41) is 7.75. The second-order valence-corrected chi connectivity index (χ2v) is 5.50. The third kappa shape index (κ3) is 3.87. The van der Waals surface area contributed by atoms with Crippen LogP contribution in [0.3, 0.4) is 0 Å². The van der Waals surface area contributed by atoms with Gasteiger partial charge in [-0.2, -0.15) is 5.10 Å². The largest absolute Gasteiger partial charge is 0.481 e. The Morgan fingerprint density at radius 3 is 2.85 bits per heavy atom. The number of rotatable bonds is 5. The second-order valence-electron chi connectivity index (χ2n) is 5.50. The summed E-state index contributed by atoms with van der Waals surface area (Å²) in [4.78, 5) is 2.53. The number of likely N-dealkylation sites (tertiary alicyclic amines) is 1. The van der Waals surface area contributed by atoms with E-state index < -0.39 is 0 Å². The highest BCUT2D eigenvalue weighted by Crippen LogP contribution is 2.25. The summed E-state index contributed by atoms with van der Waals surface area (Å²) in [5.74, 6) is 1.66. The fraction of sp³-hybridized carbons (Fsp3) is 0.786. The number of aromatic nitrogens is 2. The van der Waals surface area contributed by atoms with Crippen molar-refractivity contribution >= 4 is 12.4 Å². The number of hydrogen-bond acceptors (Lipinski definition) is 4. The molecule has 20 heavy (non-hydrogen) atoms.